The average molecular weight is 300 g/mol. The highest BCUT2D eigenvalue weighted by Crippen LogP contribution is 2.30. The van der Waals surface area contributed by atoms with Crippen molar-refractivity contribution in [3.63, 3.8) is 0 Å². The van der Waals surface area contributed by atoms with Gasteiger partial charge in [0, 0.05) is 3.58 Å². The van der Waals surface area contributed by atoms with Crippen LogP contribution in [0.2, 0.25) is 0 Å². The van der Waals surface area contributed by atoms with Crippen LogP contribution in [0.1, 0.15) is 13.8 Å². The summed E-state index contributed by atoms with van der Waals surface area (Å²) in [5.41, 5.74) is 1.01. The van der Waals surface area contributed by atoms with Crippen molar-refractivity contribution in [2.45, 2.75) is 38.4 Å². The summed E-state index contributed by atoms with van der Waals surface area (Å²) < 4.78 is 5.82. The van der Waals surface area contributed by atoms with Gasteiger partial charge in [0.1, 0.15) is 18.3 Å². The molecule has 76 valence electrons. The molecule has 0 spiro atoms. The van der Waals surface area contributed by atoms with E-state index in [0.29, 0.717) is 0 Å². The van der Waals surface area contributed by atoms with Gasteiger partial charge in [-0.1, -0.05) is 5.57 Å². The lowest BCUT2D eigenvalue weighted by molar-refractivity contribution is -0.120. The zero-order valence-corrected chi connectivity index (χ0v) is 9.59. The van der Waals surface area contributed by atoms with Crippen LogP contribution in [0.25, 0.3) is 0 Å². The van der Waals surface area contributed by atoms with E-state index >= 15 is 0 Å². The summed E-state index contributed by atoms with van der Waals surface area (Å²) in [5, 5.41) is 27.8. The molecule has 0 amide bonds. The second kappa shape index (κ2) is 4.22. The number of aliphatic hydroxyl groups is 3. The van der Waals surface area contributed by atoms with Crippen molar-refractivity contribution in [1.82, 2.24) is 0 Å². The number of rotatable bonds is 1. The largest absolute Gasteiger partial charge is 0.387 e. The Morgan fingerprint density at radius 2 is 1.69 bits per heavy atom. The van der Waals surface area contributed by atoms with Crippen molar-refractivity contribution in [2.75, 3.05) is 0 Å². The second-order valence-corrected chi connectivity index (χ2v) is 4.44. The molecule has 3 N–H and O–H groups in total. The highest BCUT2D eigenvalue weighted by atomic mass is 127. The lowest BCUT2D eigenvalue weighted by atomic mass is 10.1. The van der Waals surface area contributed by atoms with E-state index in [1.54, 1.807) is 0 Å². The van der Waals surface area contributed by atoms with Gasteiger partial charge in [0.25, 0.3) is 0 Å². The Labute approximate surface area is 90.4 Å². The minimum atomic E-state index is -1.29. The van der Waals surface area contributed by atoms with Crippen molar-refractivity contribution in [3.05, 3.63) is 9.15 Å². The van der Waals surface area contributed by atoms with Gasteiger partial charge < -0.3 is 20.1 Å². The topological polar surface area (TPSA) is 69.9 Å². The molecular weight excluding hydrogens is 287 g/mol. The average Bonchev–Trinajstić information content (AvgIpc) is 2.31. The van der Waals surface area contributed by atoms with E-state index < -0.39 is 24.6 Å². The smallest absolute Gasteiger partial charge is 0.184 e. The third-order valence-corrected chi connectivity index (χ3v) is 3.66. The molecule has 0 bridgehead atoms. The first kappa shape index (κ1) is 11.4. The van der Waals surface area contributed by atoms with E-state index in [0.717, 1.165) is 9.15 Å². The molecule has 0 aromatic heterocycles. The van der Waals surface area contributed by atoms with Crippen molar-refractivity contribution in [3.8, 4) is 0 Å². The summed E-state index contributed by atoms with van der Waals surface area (Å²) in [7, 11) is 0. The fourth-order valence-electron chi connectivity index (χ4n) is 1.15. The quantitative estimate of drug-likeness (QED) is 0.603. The normalized spacial score (nSPS) is 39.2. The molecule has 1 aliphatic heterocycles. The maximum Gasteiger partial charge on any atom is 0.184 e. The van der Waals surface area contributed by atoms with Crippen molar-refractivity contribution >= 4 is 22.6 Å². The standard InChI is InChI=1S/C8H13IO4/c1-3(2)4(9)7-5(10)6(11)8(12)13-7/h5-8,10-12H,1-2H3/t5-,6+,7+,8?/m0/s1. The number of allylic oxidation sites excluding steroid dienone is 1. The first-order chi connectivity index (χ1) is 5.95. The summed E-state index contributed by atoms with van der Waals surface area (Å²) in [6.45, 7) is 3.77. The van der Waals surface area contributed by atoms with Gasteiger partial charge in [-0.25, -0.2) is 0 Å². The van der Waals surface area contributed by atoms with Crippen molar-refractivity contribution in [2.24, 2.45) is 0 Å². The Balaban J connectivity index is 2.80. The third kappa shape index (κ3) is 2.21. The Bertz CT molecular complexity index is 224. The Morgan fingerprint density at radius 1 is 1.15 bits per heavy atom. The van der Waals surface area contributed by atoms with Gasteiger partial charge in [-0.3, -0.25) is 0 Å². The fourth-order valence-corrected chi connectivity index (χ4v) is 1.67. The van der Waals surface area contributed by atoms with Crippen LogP contribution < -0.4 is 0 Å². The molecule has 1 unspecified atom stereocenters. The van der Waals surface area contributed by atoms with E-state index in [9.17, 15) is 10.2 Å². The van der Waals surface area contributed by atoms with Crippen LogP contribution in [0.15, 0.2) is 9.15 Å². The molecule has 4 atom stereocenters. The van der Waals surface area contributed by atoms with Crippen LogP contribution >= 0.6 is 22.6 Å². The van der Waals surface area contributed by atoms with Crippen molar-refractivity contribution < 1.29 is 20.1 Å². The van der Waals surface area contributed by atoms with Gasteiger partial charge in [0.2, 0.25) is 0 Å². The van der Waals surface area contributed by atoms with Crippen LogP contribution in [0, 0.1) is 0 Å². The lowest BCUT2D eigenvalue weighted by Crippen LogP contribution is -2.32. The fraction of sp³-hybridized carbons (Fsp3) is 0.750. The van der Waals surface area contributed by atoms with Crippen molar-refractivity contribution in [1.29, 1.82) is 0 Å². The summed E-state index contributed by atoms with van der Waals surface area (Å²) in [5.74, 6) is 0. The predicted molar refractivity (Wildman–Crippen MR) is 55.3 cm³/mol. The first-order valence-corrected chi connectivity index (χ1v) is 5.05. The number of halogens is 1. The maximum absolute atomic E-state index is 9.47. The molecule has 0 radical (unpaired) electrons. The van der Waals surface area contributed by atoms with E-state index in [-0.39, 0.29) is 0 Å². The third-order valence-electron chi connectivity index (χ3n) is 1.97. The first-order valence-electron chi connectivity index (χ1n) is 3.97. The van der Waals surface area contributed by atoms with Gasteiger partial charge in [-0.2, -0.15) is 0 Å². The van der Waals surface area contributed by atoms with Crippen LogP contribution in [-0.4, -0.2) is 39.9 Å². The molecule has 0 aliphatic carbocycles. The molecule has 5 heteroatoms. The summed E-state index contributed by atoms with van der Waals surface area (Å²) >= 11 is 2.04. The number of ether oxygens (including phenoxy) is 1. The van der Waals surface area contributed by atoms with Crippen LogP contribution in [0.4, 0.5) is 0 Å². The molecule has 1 aliphatic rings. The number of hydrogen-bond acceptors (Lipinski definition) is 4. The van der Waals surface area contributed by atoms with Gasteiger partial charge in [-0.15, -0.1) is 0 Å². The Morgan fingerprint density at radius 3 is 2.00 bits per heavy atom. The van der Waals surface area contributed by atoms with Crippen LogP contribution in [0.3, 0.4) is 0 Å². The minimum Gasteiger partial charge on any atom is -0.387 e. The lowest BCUT2D eigenvalue weighted by Gasteiger charge is -2.14. The van der Waals surface area contributed by atoms with Crippen LogP contribution in [0.5, 0.6) is 0 Å². The monoisotopic (exact) mass is 300 g/mol. The van der Waals surface area contributed by atoms with Gasteiger partial charge in [-0.05, 0) is 36.4 Å². The molecule has 1 saturated heterocycles. The molecule has 13 heavy (non-hydrogen) atoms. The Kier molecular flexibility index (Phi) is 3.70. The van der Waals surface area contributed by atoms with Gasteiger partial charge in [0.15, 0.2) is 6.29 Å². The number of hydrogen-bond donors (Lipinski definition) is 3. The zero-order valence-electron chi connectivity index (χ0n) is 7.44. The summed E-state index contributed by atoms with van der Waals surface area (Å²) in [6.07, 6.45) is -4.15. The zero-order chi connectivity index (χ0) is 10.2. The van der Waals surface area contributed by atoms with E-state index in [1.165, 1.54) is 0 Å². The summed E-state index contributed by atoms with van der Waals surface area (Å²) in [4.78, 5) is 0. The van der Waals surface area contributed by atoms with E-state index in [4.69, 9.17) is 9.84 Å². The maximum atomic E-state index is 9.47. The second-order valence-electron chi connectivity index (χ2n) is 3.28. The highest BCUT2D eigenvalue weighted by Gasteiger charge is 2.43. The molecule has 4 nitrogen and oxygen atoms in total. The molecular formula is C8H13IO4. The van der Waals surface area contributed by atoms with E-state index in [2.05, 4.69) is 0 Å². The Hall–Kier alpha value is 0.310. The van der Waals surface area contributed by atoms with Gasteiger partial charge >= 0.3 is 0 Å². The number of aliphatic hydroxyl groups excluding tert-OH is 3. The SMILES string of the molecule is CC(C)=C(I)[C@H]1OC(O)[C@H](O)[C@@H]1O. The molecule has 1 fully saturated rings. The molecule has 1 rings (SSSR count). The predicted octanol–water partition coefficient (Wildman–Crippen LogP) is 0.154. The molecule has 0 saturated carbocycles. The molecule has 0 aromatic rings. The molecule has 0 aromatic carbocycles. The highest BCUT2D eigenvalue weighted by molar-refractivity contribution is 14.1. The summed E-state index contributed by atoms with van der Waals surface area (Å²) in [6, 6.07) is 0. The molecule has 1 heterocycles. The van der Waals surface area contributed by atoms with Gasteiger partial charge in [0.05, 0.1) is 0 Å². The van der Waals surface area contributed by atoms with Crippen LogP contribution in [-0.2, 0) is 4.74 Å². The minimum absolute atomic E-state index is 0.601. The van der Waals surface area contributed by atoms with E-state index in [1.807, 2.05) is 36.4 Å².